The summed E-state index contributed by atoms with van der Waals surface area (Å²) >= 11 is 0. The minimum Gasteiger partial charge on any atom is -0.370 e. The van der Waals surface area contributed by atoms with Gasteiger partial charge in [-0.05, 0) is 30.9 Å². The molecule has 0 aromatic heterocycles. The number of ether oxygens (including phenoxy) is 1. The molecule has 0 unspecified atom stereocenters. The fourth-order valence-electron chi connectivity index (χ4n) is 2.07. The molecule has 0 amide bonds. The summed E-state index contributed by atoms with van der Waals surface area (Å²) in [4.78, 5) is 12.0. The van der Waals surface area contributed by atoms with Crippen molar-refractivity contribution in [1.29, 1.82) is 0 Å². The maximum atomic E-state index is 13.4. The standard InChI is InChI=1S/C13H15FO2/c1-16-13(7-4-8-13)12(15)9-10-5-2-3-6-11(10)14/h2-3,5-6H,4,7-9H2,1H3. The lowest BCUT2D eigenvalue weighted by molar-refractivity contribution is -0.151. The Morgan fingerprint density at radius 2 is 2.12 bits per heavy atom. The Labute approximate surface area is 94.4 Å². The van der Waals surface area contributed by atoms with Crippen LogP contribution in [0, 0.1) is 5.82 Å². The molecule has 0 aliphatic heterocycles. The van der Waals surface area contributed by atoms with Crippen LogP contribution in [0.15, 0.2) is 24.3 Å². The van der Waals surface area contributed by atoms with Crippen LogP contribution in [0.2, 0.25) is 0 Å². The first-order chi connectivity index (χ1) is 7.68. The highest BCUT2D eigenvalue weighted by molar-refractivity contribution is 5.90. The predicted octanol–water partition coefficient (Wildman–Crippen LogP) is 2.51. The van der Waals surface area contributed by atoms with Crippen LogP contribution in [-0.2, 0) is 16.0 Å². The van der Waals surface area contributed by atoms with Crippen LogP contribution >= 0.6 is 0 Å². The number of carbonyl (C=O) groups excluding carboxylic acids is 1. The van der Waals surface area contributed by atoms with Crippen LogP contribution in [0.3, 0.4) is 0 Å². The Bertz CT molecular complexity index is 391. The van der Waals surface area contributed by atoms with E-state index in [0.29, 0.717) is 5.56 Å². The fourth-order valence-corrected chi connectivity index (χ4v) is 2.07. The summed E-state index contributed by atoms with van der Waals surface area (Å²) in [7, 11) is 1.55. The lowest BCUT2D eigenvalue weighted by Gasteiger charge is -2.38. The molecule has 2 rings (SSSR count). The summed E-state index contributed by atoms with van der Waals surface area (Å²) in [5, 5.41) is 0. The van der Waals surface area contributed by atoms with Gasteiger partial charge in [0.1, 0.15) is 11.4 Å². The molecule has 1 aromatic rings. The van der Waals surface area contributed by atoms with Crippen molar-refractivity contribution in [3.8, 4) is 0 Å². The first-order valence-corrected chi connectivity index (χ1v) is 5.50. The van der Waals surface area contributed by atoms with Gasteiger partial charge in [-0.15, -0.1) is 0 Å². The van der Waals surface area contributed by atoms with Gasteiger partial charge >= 0.3 is 0 Å². The highest BCUT2D eigenvalue weighted by Crippen LogP contribution is 2.36. The van der Waals surface area contributed by atoms with Crippen LogP contribution < -0.4 is 0 Å². The van der Waals surface area contributed by atoms with Crippen LogP contribution in [0.1, 0.15) is 24.8 Å². The van der Waals surface area contributed by atoms with Gasteiger partial charge in [0.15, 0.2) is 5.78 Å². The minimum absolute atomic E-state index is 0.00801. The maximum Gasteiger partial charge on any atom is 0.169 e. The van der Waals surface area contributed by atoms with Gasteiger partial charge in [-0.25, -0.2) is 4.39 Å². The summed E-state index contributed by atoms with van der Waals surface area (Å²) in [6, 6.07) is 6.39. The van der Waals surface area contributed by atoms with Gasteiger partial charge in [-0.1, -0.05) is 18.2 Å². The monoisotopic (exact) mass is 222 g/mol. The van der Waals surface area contributed by atoms with Crippen LogP contribution in [0.5, 0.6) is 0 Å². The van der Waals surface area contributed by atoms with E-state index in [1.165, 1.54) is 6.07 Å². The van der Waals surface area contributed by atoms with E-state index in [-0.39, 0.29) is 18.0 Å². The molecule has 0 bridgehead atoms. The first kappa shape index (κ1) is 11.3. The molecule has 16 heavy (non-hydrogen) atoms. The number of carbonyl (C=O) groups is 1. The van der Waals surface area contributed by atoms with Crippen LogP contribution in [0.25, 0.3) is 0 Å². The van der Waals surface area contributed by atoms with E-state index >= 15 is 0 Å². The SMILES string of the molecule is COC1(C(=O)Cc2ccccc2F)CCC1. The third-order valence-electron chi connectivity index (χ3n) is 3.37. The molecule has 0 N–H and O–H groups in total. The summed E-state index contributed by atoms with van der Waals surface area (Å²) in [6.07, 6.45) is 2.66. The second kappa shape index (κ2) is 4.34. The number of methoxy groups -OCH3 is 1. The summed E-state index contributed by atoms with van der Waals surface area (Å²) in [5.41, 5.74) is -0.182. The molecule has 86 valence electrons. The smallest absolute Gasteiger partial charge is 0.169 e. The van der Waals surface area contributed by atoms with E-state index in [0.717, 1.165) is 19.3 Å². The zero-order chi connectivity index (χ0) is 11.6. The lowest BCUT2D eigenvalue weighted by Crippen LogP contribution is -2.47. The summed E-state index contributed by atoms with van der Waals surface area (Å²) in [5.74, 6) is -0.326. The van der Waals surface area contributed by atoms with E-state index in [1.807, 2.05) is 0 Å². The zero-order valence-corrected chi connectivity index (χ0v) is 9.33. The lowest BCUT2D eigenvalue weighted by atomic mass is 9.75. The Kier molecular flexibility index (Phi) is 3.06. The maximum absolute atomic E-state index is 13.4. The average Bonchev–Trinajstić information content (AvgIpc) is 2.21. The number of rotatable bonds is 4. The Hall–Kier alpha value is -1.22. The molecule has 1 aliphatic rings. The van der Waals surface area contributed by atoms with Crippen molar-refractivity contribution in [1.82, 2.24) is 0 Å². The molecule has 1 fully saturated rings. The van der Waals surface area contributed by atoms with E-state index in [4.69, 9.17) is 4.74 Å². The van der Waals surface area contributed by atoms with Crippen molar-refractivity contribution < 1.29 is 13.9 Å². The van der Waals surface area contributed by atoms with Gasteiger partial charge in [0, 0.05) is 13.5 Å². The second-order valence-electron chi connectivity index (χ2n) is 4.24. The van der Waals surface area contributed by atoms with Gasteiger partial charge < -0.3 is 4.74 Å². The molecule has 1 aromatic carbocycles. The Balaban J connectivity index is 2.10. The van der Waals surface area contributed by atoms with Crippen molar-refractivity contribution in [3.05, 3.63) is 35.6 Å². The third-order valence-corrected chi connectivity index (χ3v) is 3.37. The highest BCUT2D eigenvalue weighted by Gasteiger charge is 2.43. The van der Waals surface area contributed by atoms with Crippen molar-refractivity contribution in [2.75, 3.05) is 7.11 Å². The topological polar surface area (TPSA) is 26.3 Å². The molecule has 0 saturated heterocycles. The number of hydrogen-bond donors (Lipinski definition) is 0. The van der Waals surface area contributed by atoms with Crippen molar-refractivity contribution >= 4 is 5.78 Å². The predicted molar refractivity (Wildman–Crippen MR) is 58.7 cm³/mol. The largest absolute Gasteiger partial charge is 0.370 e. The highest BCUT2D eigenvalue weighted by atomic mass is 19.1. The Morgan fingerprint density at radius 3 is 2.62 bits per heavy atom. The van der Waals surface area contributed by atoms with Crippen molar-refractivity contribution in [3.63, 3.8) is 0 Å². The number of Topliss-reactive ketones (excluding diaryl/α,β-unsaturated/α-hetero) is 1. The van der Waals surface area contributed by atoms with Gasteiger partial charge in [0.25, 0.3) is 0 Å². The van der Waals surface area contributed by atoms with Crippen LogP contribution in [0.4, 0.5) is 4.39 Å². The van der Waals surface area contributed by atoms with E-state index in [9.17, 15) is 9.18 Å². The number of halogens is 1. The van der Waals surface area contributed by atoms with E-state index in [2.05, 4.69) is 0 Å². The number of ketones is 1. The van der Waals surface area contributed by atoms with Gasteiger partial charge in [0.05, 0.1) is 0 Å². The molecular formula is C13H15FO2. The molecule has 1 aliphatic carbocycles. The first-order valence-electron chi connectivity index (χ1n) is 5.50. The summed E-state index contributed by atoms with van der Waals surface area (Å²) < 4.78 is 18.6. The zero-order valence-electron chi connectivity index (χ0n) is 9.33. The van der Waals surface area contributed by atoms with E-state index < -0.39 is 5.60 Å². The quantitative estimate of drug-likeness (QED) is 0.782. The molecule has 2 nitrogen and oxygen atoms in total. The molecule has 0 spiro atoms. The molecular weight excluding hydrogens is 207 g/mol. The molecule has 0 atom stereocenters. The number of benzene rings is 1. The summed E-state index contributed by atoms with van der Waals surface area (Å²) in [6.45, 7) is 0. The van der Waals surface area contributed by atoms with Gasteiger partial charge in [-0.2, -0.15) is 0 Å². The number of hydrogen-bond acceptors (Lipinski definition) is 2. The third kappa shape index (κ3) is 1.87. The average molecular weight is 222 g/mol. The molecule has 3 heteroatoms. The normalized spacial score (nSPS) is 17.9. The van der Waals surface area contributed by atoms with E-state index in [1.54, 1.807) is 25.3 Å². The van der Waals surface area contributed by atoms with Crippen molar-refractivity contribution in [2.24, 2.45) is 0 Å². The Morgan fingerprint density at radius 1 is 1.44 bits per heavy atom. The van der Waals surface area contributed by atoms with Crippen molar-refractivity contribution in [2.45, 2.75) is 31.3 Å². The second-order valence-corrected chi connectivity index (χ2v) is 4.24. The molecule has 0 radical (unpaired) electrons. The van der Waals surface area contributed by atoms with Gasteiger partial charge in [-0.3, -0.25) is 4.79 Å². The van der Waals surface area contributed by atoms with Gasteiger partial charge in [0.2, 0.25) is 0 Å². The molecule has 1 saturated carbocycles. The minimum atomic E-state index is -0.637. The van der Waals surface area contributed by atoms with Crippen LogP contribution in [-0.4, -0.2) is 18.5 Å². The fraction of sp³-hybridized carbons (Fsp3) is 0.462. The molecule has 0 heterocycles.